The summed E-state index contributed by atoms with van der Waals surface area (Å²) in [6.07, 6.45) is 0.459. The lowest BCUT2D eigenvalue weighted by Crippen LogP contribution is -2.09. The Morgan fingerprint density at radius 1 is 1.37 bits per heavy atom. The van der Waals surface area contributed by atoms with E-state index in [4.69, 9.17) is 11.6 Å². The Labute approximate surface area is 121 Å². The number of carbonyl (C=O) groups is 1. The lowest BCUT2D eigenvalue weighted by molar-refractivity contribution is -0.115. The van der Waals surface area contributed by atoms with E-state index in [0.717, 1.165) is 11.4 Å². The molecule has 0 spiro atoms. The zero-order valence-corrected chi connectivity index (χ0v) is 12.1. The maximum absolute atomic E-state index is 11.4. The fraction of sp³-hybridized carbons (Fsp3) is 0.214. The Kier molecular flexibility index (Phi) is 4.82. The molecule has 0 aliphatic rings. The molecule has 0 saturated carbocycles. The minimum Gasteiger partial charge on any atom is -0.380 e. The molecule has 5 heteroatoms. The minimum atomic E-state index is -0.00823. The van der Waals surface area contributed by atoms with E-state index in [1.807, 2.05) is 18.4 Å². The quantitative estimate of drug-likeness (QED) is 0.860. The van der Waals surface area contributed by atoms with E-state index in [1.54, 1.807) is 23.5 Å². The third-order valence-corrected chi connectivity index (χ3v) is 3.70. The third-order valence-electron chi connectivity index (χ3n) is 2.63. The first kappa shape index (κ1) is 13.9. The highest BCUT2D eigenvalue weighted by atomic mass is 35.5. The fourth-order valence-corrected chi connectivity index (χ4v) is 2.43. The van der Waals surface area contributed by atoms with Gasteiger partial charge in [-0.05, 0) is 40.6 Å². The number of benzene rings is 1. The maximum Gasteiger partial charge on any atom is 0.224 e. The third kappa shape index (κ3) is 3.98. The predicted octanol–water partition coefficient (Wildman–Crippen LogP) is 4.36. The SMILES string of the molecule is CCC(=O)Nc1ccc(Cl)c(NCc2ccsc2)c1. The first-order chi connectivity index (χ1) is 9.19. The molecule has 2 rings (SSSR count). The first-order valence-corrected chi connectivity index (χ1v) is 7.35. The van der Waals surface area contributed by atoms with Crippen LogP contribution in [0.5, 0.6) is 0 Å². The normalized spacial score (nSPS) is 10.2. The van der Waals surface area contributed by atoms with E-state index in [9.17, 15) is 4.79 Å². The van der Waals surface area contributed by atoms with Crippen molar-refractivity contribution in [1.82, 2.24) is 0 Å². The highest BCUT2D eigenvalue weighted by molar-refractivity contribution is 7.07. The molecule has 3 nitrogen and oxygen atoms in total. The number of carbonyl (C=O) groups excluding carboxylic acids is 1. The Bertz CT molecular complexity index is 555. The molecule has 2 N–H and O–H groups in total. The second kappa shape index (κ2) is 6.59. The van der Waals surface area contributed by atoms with Crippen LogP contribution in [-0.4, -0.2) is 5.91 Å². The monoisotopic (exact) mass is 294 g/mol. The summed E-state index contributed by atoms with van der Waals surface area (Å²) in [6, 6.07) is 7.49. The zero-order valence-electron chi connectivity index (χ0n) is 10.6. The summed E-state index contributed by atoms with van der Waals surface area (Å²) in [7, 11) is 0. The van der Waals surface area contributed by atoms with Crippen LogP contribution in [-0.2, 0) is 11.3 Å². The van der Waals surface area contributed by atoms with Crippen LogP contribution in [0.1, 0.15) is 18.9 Å². The molecule has 0 bridgehead atoms. The topological polar surface area (TPSA) is 41.1 Å². The van der Waals surface area contributed by atoms with E-state index in [-0.39, 0.29) is 5.91 Å². The summed E-state index contributed by atoms with van der Waals surface area (Å²) in [6.45, 7) is 2.54. The number of anilines is 2. The molecule has 2 aromatic rings. The van der Waals surface area contributed by atoms with Crippen LogP contribution in [0.3, 0.4) is 0 Å². The molecule has 1 aromatic heterocycles. The molecular weight excluding hydrogens is 280 g/mol. The van der Waals surface area contributed by atoms with Gasteiger partial charge in [0.15, 0.2) is 0 Å². The number of rotatable bonds is 5. The van der Waals surface area contributed by atoms with Gasteiger partial charge in [0.1, 0.15) is 0 Å². The number of halogens is 1. The average molecular weight is 295 g/mol. The van der Waals surface area contributed by atoms with E-state index in [1.165, 1.54) is 5.56 Å². The second-order valence-electron chi connectivity index (χ2n) is 4.08. The molecule has 19 heavy (non-hydrogen) atoms. The van der Waals surface area contributed by atoms with Gasteiger partial charge in [0.05, 0.1) is 10.7 Å². The molecule has 0 atom stereocenters. The Morgan fingerprint density at radius 2 is 2.21 bits per heavy atom. The van der Waals surface area contributed by atoms with Crippen molar-refractivity contribution >= 4 is 40.2 Å². The van der Waals surface area contributed by atoms with Crippen LogP contribution in [0.25, 0.3) is 0 Å². The molecular formula is C14H15ClN2OS. The van der Waals surface area contributed by atoms with Crippen molar-refractivity contribution in [3.05, 3.63) is 45.6 Å². The molecule has 100 valence electrons. The van der Waals surface area contributed by atoms with E-state index in [2.05, 4.69) is 22.1 Å². The van der Waals surface area contributed by atoms with Crippen LogP contribution in [0.15, 0.2) is 35.0 Å². The van der Waals surface area contributed by atoms with Gasteiger partial charge in [0, 0.05) is 18.7 Å². The van der Waals surface area contributed by atoms with Crippen molar-refractivity contribution in [3.63, 3.8) is 0 Å². The fourth-order valence-electron chi connectivity index (χ4n) is 1.58. The van der Waals surface area contributed by atoms with Crippen LogP contribution in [0.2, 0.25) is 5.02 Å². The molecule has 0 saturated heterocycles. The highest BCUT2D eigenvalue weighted by Crippen LogP contribution is 2.26. The summed E-state index contributed by atoms with van der Waals surface area (Å²) < 4.78 is 0. The van der Waals surface area contributed by atoms with Crippen molar-refractivity contribution in [2.24, 2.45) is 0 Å². The zero-order chi connectivity index (χ0) is 13.7. The van der Waals surface area contributed by atoms with Gasteiger partial charge in [-0.2, -0.15) is 11.3 Å². The van der Waals surface area contributed by atoms with Gasteiger partial charge in [0.2, 0.25) is 5.91 Å². The van der Waals surface area contributed by atoms with Crippen molar-refractivity contribution in [2.45, 2.75) is 19.9 Å². The Hall–Kier alpha value is -1.52. The van der Waals surface area contributed by atoms with Gasteiger partial charge in [-0.15, -0.1) is 0 Å². The van der Waals surface area contributed by atoms with Crippen molar-refractivity contribution in [1.29, 1.82) is 0 Å². The Balaban J connectivity index is 2.06. The van der Waals surface area contributed by atoms with Crippen LogP contribution in [0, 0.1) is 0 Å². The van der Waals surface area contributed by atoms with Gasteiger partial charge < -0.3 is 10.6 Å². The summed E-state index contributed by atoms with van der Waals surface area (Å²) in [5.74, 6) is -0.00823. The number of hydrogen-bond donors (Lipinski definition) is 2. The predicted molar refractivity (Wildman–Crippen MR) is 82.0 cm³/mol. The molecule has 1 heterocycles. The molecule has 1 aromatic carbocycles. The maximum atomic E-state index is 11.4. The standard InChI is InChI=1S/C14H15ClN2OS/c1-2-14(18)17-11-3-4-12(15)13(7-11)16-8-10-5-6-19-9-10/h3-7,9,16H,2,8H2,1H3,(H,17,18). The smallest absolute Gasteiger partial charge is 0.224 e. The number of nitrogens with one attached hydrogen (secondary N) is 2. The highest BCUT2D eigenvalue weighted by Gasteiger charge is 2.04. The summed E-state index contributed by atoms with van der Waals surface area (Å²) >= 11 is 7.80. The lowest BCUT2D eigenvalue weighted by atomic mass is 10.2. The largest absolute Gasteiger partial charge is 0.380 e. The molecule has 0 unspecified atom stereocenters. The van der Waals surface area contributed by atoms with Crippen LogP contribution in [0.4, 0.5) is 11.4 Å². The van der Waals surface area contributed by atoms with E-state index >= 15 is 0 Å². The Morgan fingerprint density at radius 3 is 2.89 bits per heavy atom. The number of thiophene rings is 1. The summed E-state index contributed by atoms with van der Waals surface area (Å²) in [5, 5.41) is 10.9. The van der Waals surface area contributed by atoms with Crippen molar-refractivity contribution < 1.29 is 4.79 Å². The van der Waals surface area contributed by atoms with Crippen LogP contribution >= 0.6 is 22.9 Å². The molecule has 0 fully saturated rings. The molecule has 0 aliphatic carbocycles. The number of amides is 1. The van der Waals surface area contributed by atoms with Crippen molar-refractivity contribution in [2.75, 3.05) is 10.6 Å². The lowest BCUT2D eigenvalue weighted by Gasteiger charge is -2.10. The summed E-state index contributed by atoms with van der Waals surface area (Å²) in [4.78, 5) is 11.4. The number of hydrogen-bond acceptors (Lipinski definition) is 3. The minimum absolute atomic E-state index is 0.00823. The van der Waals surface area contributed by atoms with Crippen molar-refractivity contribution in [3.8, 4) is 0 Å². The second-order valence-corrected chi connectivity index (χ2v) is 5.27. The summed E-state index contributed by atoms with van der Waals surface area (Å²) in [5.41, 5.74) is 2.79. The molecule has 1 amide bonds. The van der Waals surface area contributed by atoms with Crippen LogP contribution < -0.4 is 10.6 Å². The molecule has 0 aliphatic heterocycles. The average Bonchev–Trinajstić information content (AvgIpc) is 2.92. The van der Waals surface area contributed by atoms with Gasteiger partial charge in [-0.3, -0.25) is 4.79 Å². The van der Waals surface area contributed by atoms with Gasteiger partial charge in [-0.1, -0.05) is 18.5 Å². The van der Waals surface area contributed by atoms with Gasteiger partial charge >= 0.3 is 0 Å². The van der Waals surface area contributed by atoms with Gasteiger partial charge in [-0.25, -0.2) is 0 Å². The van der Waals surface area contributed by atoms with E-state index in [0.29, 0.717) is 18.0 Å². The molecule has 0 radical (unpaired) electrons. The first-order valence-electron chi connectivity index (χ1n) is 6.03. The van der Waals surface area contributed by atoms with E-state index < -0.39 is 0 Å². The van der Waals surface area contributed by atoms with Gasteiger partial charge in [0.25, 0.3) is 0 Å².